The van der Waals surface area contributed by atoms with Crippen LogP contribution in [0.2, 0.25) is 0 Å². The van der Waals surface area contributed by atoms with E-state index in [-0.39, 0.29) is 0 Å². The fourth-order valence-electron chi connectivity index (χ4n) is 2.63. The number of hydrogen-bond donors (Lipinski definition) is 1. The Kier molecular flexibility index (Phi) is 7.76. The summed E-state index contributed by atoms with van der Waals surface area (Å²) in [7, 11) is 1.76. The molecule has 0 aliphatic carbocycles. The molecule has 0 amide bonds. The van der Waals surface area contributed by atoms with Crippen molar-refractivity contribution < 1.29 is 4.74 Å². The number of likely N-dealkylation sites (N-methyl/N-ethyl adjacent to an activating group) is 1. The van der Waals surface area contributed by atoms with Gasteiger partial charge in [-0.2, -0.15) is 0 Å². The van der Waals surface area contributed by atoms with Gasteiger partial charge in [0.15, 0.2) is 0 Å². The molecule has 3 heteroatoms. The van der Waals surface area contributed by atoms with Gasteiger partial charge >= 0.3 is 0 Å². The Labute approximate surface area is 130 Å². The van der Waals surface area contributed by atoms with Crippen molar-refractivity contribution in [3.05, 3.63) is 29.3 Å². The Morgan fingerprint density at radius 3 is 2.48 bits per heavy atom. The minimum Gasteiger partial charge on any atom is -0.383 e. The molecule has 0 aromatic heterocycles. The van der Waals surface area contributed by atoms with E-state index in [0.29, 0.717) is 12.0 Å². The van der Waals surface area contributed by atoms with E-state index in [4.69, 9.17) is 4.74 Å². The minimum atomic E-state index is 0.393. The summed E-state index contributed by atoms with van der Waals surface area (Å²) in [6.45, 7) is 14.8. The molecule has 0 radical (unpaired) electrons. The van der Waals surface area contributed by atoms with Crippen molar-refractivity contribution in [2.45, 2.75) is 47.2 Å². The van der Waals surface area contributed by atoms with Crippen LogP contribution in [0.3, 0.4) is 0 Å². The predicted molar refractivity (Wildman–Crippen MR) is 92.1 cm³/mol. The number of anilines is 1. The summed E-state index contributed by atoms with van der Waals surface area (Å²) in [5.74, 6) is 0.690. The van der Waals surface area contributed by atoms with Gasteiger partial charge < -0.3 is 15.0 Å². The van der Waals surface area contributed by atoms with Crippen molar-refractivity contribution >= 4 is 5.69 Å². The molecule has 0 bridgehead atoms. The molecule has 0 heterocycles. The lowest BCUT2D eigenvalue weighted by molar-refractivity contribution is 0.182. The quantitative estimate of drug-likeness (QED) is 0.752. The van der Waals surface area contributed by atoms with Gasteiger partial charge in [0.2, 0.25) is 0 Å². The summed E-state index contributed by atoms with van der Waals surface area (Å²) in [4.78, 5) is 2.39. The maximum absolute atomic E-state index is 5.29. The van der Waals surface area contributed by atoms with E-state index in [2.05, 4.69) is 63.0 Å². The number of methoxy groups -OCH3 is 1. The van der Waals surface area contributed by atoms with Crippen LogP contribution in [0.4, 0.5) is 5.69 Å². The van der Waals surface area contributed by atoms with E-state index in [9.17, 15) is 0 Å². The number of rotatable bonds is 9. The van der Waals surface area contributed by atoms with Crippen LogP contribution >= 0.6 is 0 Å². The molecule has 120 valence electrons. The topological polar surface area (TPSA) is 24.5 Å². The van der Waals surface area contributed by atoms with E-state index < -0.39 is 0 Å². The molecule has 0 fully saturated rings. The zero-order valence-corrected chi connectivity index (χ0v) is 14.6. The fraction of sp³-hybridized carbons (Fsp3) is 0.667. The molecule has 1 N–H and O–H groups in total. The van der Waals surface area contributed by atoms with Crippen LogP contribution in [-0.4, -0.2) is 32.8 Å². The second kappa shape index (κ2) is 9.06. The Morgan fingerprint density at radius 1 is 1.24 bits per heavy atom. The first-order chi connectivity index (χ1) is 9.99. The number of ether oxygens (including phenoxy) is 1. The van der Waals surface area contributed by atoms with Crippen LogP contribution in [0.1, 0.15) is 38.8 Å². The molecule has 0 saturated carbocycles. The highest BCUT2D eigenvalue weighted by Crippen LogP contribution is 2.21. The third-order valence-electron chi connectivity index (χ3n) is 3.81. The standard InChI is InChI=1S/C18H32N2O/c1-7-20(16(5)13-21-6)18-9-8-17(15(4)10-18)12-19-11-14(2)3/h8-10,14,16,19H,7,11-13H2,1-6H3. The van der Waals surface area contributed by atoms with Crippen LogP contribution in [0.5, 0.6) is 0 Å². The molecule has 21 heavy (non-hydrogen) atoms. The van der Waals surface area contributed by atoms with E-state index in [1.807, 2.05) is 0 Å². The maximum Gasteiger partial charge on any atom is 0.0663 e. The Hall–Kier alpha value is -1.06. The first-order valence-electron chi connectivity index (χ1n) is 8.05. The summed E-state index contributed by atoms with van der Waals surface area (Å²) in [6, 6.07) is 7.17. The molecule has 1 rings (SSSR count). The molecular formula is C18H32N2O. The number of hydrogen-bond acceptors (Lipinski definition) is 3. The van der Waals surface area contributed by atoms with Crippen molar-refractivity contribution in [3.8, 4) is 0 Å². The molecule has 1 aromatic rings. The average molecular weight is 292 g/mol. The number of nitrogens with one attached hydrogen (secondary N) is 1. The monoisotopic (exact) mass is 292 g/mol. The average Bonchev–Trinajstić information content (AvgIpc) is 2.42. The van der Waals surface area contributed by atoms with Crippen molar-refractivity contribution in [1.29, 1.82) is 0 Å². The van der Waals surface area contributed by atoms with E-state index in [0.717, 1.165) is 26.2 Å². The van der Waals surface area contributed by atoms with E-state index >= 15 is 0 Å². The zero-order chi connectivity index (χ0) is 15.8. The van der Waals surface area contributed by atoms with Gasteiger partial charge in [-0.15, -0.1) is 0 Å². The highest BCUT2D eigenvalue weighted by atomic mass is 16.5. The second-order valence-corrected chi connectivity index (χ2v) is 6.23. The Morgan fingerprint density at radius 2 is 1.95 bits per heavy atom. The van der Waals surface area contributed by atoms with Crippen LogP contribution in [-0.2, 0) is 11.3 Å². The first kappa shape index (κ1) is 18.0. The van der Waals surface area contributed by atoms with E-state index in [1.54, 1.807) is 7.11 Å². The van der Waals surface area contributed by atoms with Gasteiger partial charge in [-0.3, -0.25) is 0 Å². The highest BCUT2D eigenvalue weighted by Gasteiger charge is 2.13. The van der Waals surface area contributed by atoms with Gasteiger partial charge in [0.1, 0.15) is 0 Å². The number of nitrogens with zero attached hydrogens (tertiary/aromatic N) is 1. The van der Waals surface area contributed by atoms with E-state index in [1.165, 1.54) is 16.8 Å². The van der Waals surface area contributed by atoms with Gasteiger partial charge in [0, 0.05) is 31.9 Å². The lowest BCUT2D eigenvalue weighted by Gasteiger charge is -2.30. The maximum atomic E-state index is 5.29. The van der Waals surface area contributed by atoms with Crippen molar-refractivity contribution in [2.75, 3.05) is 31.7 Å². The predicted octanol–water partition coefficient (Wildman–Crippen LogP) is 3.60. The van der Waals surface area contributed by atoms with Crippen LogP contribution in [0, 0.1) is 12.8 Å². The van der Waals surface area contributed by atoms with Gasteiger partial charge in [-0.1, -0.05) is 19.9 Å². The third-order valence-corrected chi connectivity index (χ3v) is 3.81. The first-order valence-corrected chi connectivity index (χ1v) is 8.05. The molecule has 1 atom stereocenters. The van der Waals surface area contributed by atoms with Crippen LogP contribution < -0.4 is 10.2 Å². The Balaban J connectivity index is 2.75. The largest absolute Gasteiger partial charge is 0.383 e. The lowest BCUT2D eigenvalue weighted by atomic mass is 10.1. The number of benzene rings is 1. The smallest absolute Gasteiger partial charge is 0.0663 e. The molecule has 3 nitrogen and oxygen atoms in total. The van der Waals surface area contributed by atoms with Gasteiger partial charge in [-0.25, -0.2) is 0 Å². The SMILES string of the molecule is CCN(c1ccc(CNCC(C)C)c(C)c1)C(C)COC. The summed E-state index contributed by atoms with van der Waals surface area (Å²) in [5.41, 5.74) is 4.02. The minimum absolute atomic E-state index is 0.393. The molecule has 1 aromatic carbocycles. The Bertz CT molecular complexity index is 418. The molecular weight excluding hydrogens is 260 g/mol. The lowest BCUT2D eigenvalue weighted by Crippen LogP contribution is -2.36. The van der Waals surface area contributed by atoms with Gasteiger partial charge in [-0.05, 0) is 56.5 Å². The molecule has 0 saturated heterocycles. The summed E-state index contributed by atoms with van der Waals surface area (Å²) in [6.07, 6.45) is 0. The summed E-state index contributed by atoms with van der Waals surface area (Å²) in [5, 5.41) is 3.51. The van der Waals surface area contributed by atoms with Crippen molar-refractivity contribution in [3.63, 3.8) is 0 Å². The molecule has 0 aliphatic heterocycles. The second-order valence-electron chi connectivity index (χ2n) is 6.23. The van der Waals surface area contributed by atoms with Crippen molar-refractivity contribution in [1.82, 2.24) is 5.32 Å². The zero-order valence-electron chi connectivity index (χ0n) is 14.6. The summed E-state index contributed by atoms with van der Waals surface area (Å²) < 4.78 is 5.29. The molecule has 0 spiro atoms. The summed E-state index contributed by atoms with van der Waals surface area (Å²) >= 11 is 0. The third kappa shape index (κ3) is 5.68. The molecule has 0 aliphatic rings. The van der Waals surface area contributed by atoms with Crippen LogP contribution in [0.15, 0.2) is 18.2 Å². The normalized spacial score (nSPS) is 12.7. The van der Waals surface area contributed by atoms with Gasteiger partial charge in [0.05, 0.1) is 6.61 Å². The fourth-order valence-corrected chi connectivity index (χ4v) is 2.63. The molecule has 1 unspecified atom stereocenters. The van der Waals surface area contributed by atoms with Gasteiger partial charge in [0.25, 0.3) is 0 Å². The van der Waals surface area contributed by atoms with Crippen molar-refractivity contribution in [2.24, 2.45) is 5.92 Å². The van der Waals surface area contributed by atoms with Crippen LogP contribution in [0.25, 0.3) is 0 Å². The highest BCUT2D eigenvalue weighted by molar-refractivity contribution is 5.51. The number of aryl methyl sites for hydroxylation is 1.